The number of rotatable bonds is 5. The van der Waals surface area contributed by atoms with Crippen LogP contribution in [-0.4, -0.2) is 11.7 Å². The Bertz CT molecular complexity index is 493. The van der Waals surface area contributed by atoms with E-state index in [0.717, 1.165) is 26.6 Å². The molecule has 1 aromatic heterocycles. The summed E-state index contributed by atoms with van der Waals surface area (Å²) in [6.45, 7) is 0.948. The normalized spacial score (nSPS) is 10.6. The van der Waals surface area contributed by atoms with Crippen LogP contribution in [0.1, 0.15) is 10.4 Å². The van der Waals surface area contributed by atoms with Crippen molar-refractivity contribution in [2.45, 2.75) is 13.0 Å². The highest BCUT2D eigenvalue weighted by Gasteiger charge is 2.04. The summed E-state index contributed by atoms with van der Waals surface area (Å²) < 4.78 is 1.73. The predicted octanol–water partition coefficient (Wildman–Crippen LogP) is 4.31. The molecule has 96 valence electrons. The Morgan fingerprint density at radius 1 is 1.28 bits per heavy atom. The summed E-state index contributed by atoms with van der Waals surface area (Å²) in [7, 11) is 0. The zero-order valence-electron chi connectivity index (χ0n) is 9.62. The van der Waals surface area contributed by atoms with E-state index >= 15 is 0 Å². The van der Waals surface area contributed by atoms with E-state index in [9.17, 15) is 0 Å². The van der Waals surface area contributed by atoms with Gasteiger partial charge in [0.25, 0.3) is 0 Å². The lowest BCUT2D eigenvalue weighted by molar-refractivity contribution is 0.299. The predicted molar refractivity (Wildman–Crippen MR) is 81.6 cm³/mol. The zero-order chi connectivity index (χ0) is 13.0. The molecule has 0 unspecified atom stereocenters. The van der Waals surface area contributed by atoms with Gasteiger partial charge in [-0.05, 0) is 46.1 Å². The summed E-state index contributed by atoms with van der Waals surface area (Å²) >= 11 is 11.0. The highest BCUT2D eigenvalue weighted by molar-refractivity contribution is 9.10. The second-order valence-corrected chi connectivity index (χ2v) is 6.45. The fourth-order valence-corrected chi connectivity index (χ4v) is 3.32. The van der Waals surface area contributed by atoms with Gasteiger partial charge < -0.3 is 10.4 Å². The fraction of sp³-hybridized carbons (Fsp3) is 0.231. The van der Waals surface area contributed by atoms with Crippen LogP contribution in [0, 0.1) is 0 Å². The third-order valence-electron chi connectivity index (χ3n) is 2.52. The number of nitrogens with one attached hydrogen (secondary N) is 1. The Balaban J connectivity index is 1.93. The van der Waals surface area contributed by atoms with Crippen LogP contribution >= 0.6 is 38.9 Å². The van der Waals surface area contributed by atoms with Crippen molar-refractivity contribution in [3.8, 4) is 0 Å². The average molecular weight is 347 g/mol. The number of halogens is 2. The van der Waals surface area contributed by atoms with Crippen molar-refractivity contribution in [1.29, 1.82) is 0 Å². The SMILES string of the molecule is OCCc1ccc(NCc2cc(Br)c(Cl)s2)cc1. The molecule has 1 heterocycles. The first kappa shape index (κ1) is 13.9. The molecule has 2 nitrogen and oxygen atoms in total. The minimum atomic E-state index is 0.189. The maximum Gasteiger partial charge on any atom is 0.107 e. The molecule has 2 N–H and O–H groups in total. The van der Waals surface area contributed by atoms with Crippen LogP contribution in [-0.2, 0) is 13.0 Å². The lowest BCUT2D eigenvalue weighted by Gasteiger charge is -2.05. The van der Waals surface area contributed by atoms with E-state index in [1.165, 1.54) is 4.88 Å². The van der Waals surface area contributed by atoms with Crippen LogP contribution in [0.4, 0.5) is 5.69 Å². The molecule has 0 radical (unpaired) electrons. The first-order valence-corrected chi connectivity index (χ1v) is 7.55. The molecule has 0 saturated heterocycles. The van der Waals surface area contributed by atoms with Gasteiger partial charge in [-0.3, -0.25) is 0 Å². The molecule has 0 aliphatic heterocycles. The maximum absolute atomic E-state index is 8.84. The Labute approximate surface area is 124 Å². The largest absolute Gasteiger partial charge is 0.396 e. The van der Waals surface area contributed by atoms with Gasteiger partial charge in [-0.15, -0.1) is 11.3 Å². The lowest BCUT2D eigenvalue weighted by Crippen LogP contribution is -1.97. The van der Waals surface area contributed by atoms with Crippen LogP contribution in [0.25, 0.3) is 0 Å². The van der Waals surface area contributed by atoms with E-state index in [1.807, 2.05) is 30.3 Å². The van der Waals surface area contributed by atoms with Gasteiger partial charge in [-0.2, -0.15) is 0 Å². The zero-order valence-corrected chi connectivity index (χ0v) is 12.8. The highest BCUT2D eigenvalue weighted by atomic mass is 79.9. The smallest absolute Gasteiger partial charge is 0.107 e. The molecule has 0 atom stereocenters. The second-order valence-electron chi connectivity index (χ2n) is 3.86. The second kappa shape index (κ2) is 6.57. The standard InChI is InChI=1S/C13H13BrClNOS/c14-12-7-11(18-13(12)15)8-16-10-3-1-9(2-4-10)5-6-17/h1-4,7,16-17H,5-6,8H2. The molecular formula is C13H13BrClNOS. The molecule has 0 aliphatic carbocycles. The van der Waals surface area contributed by atoms with Crippen LogP contribution in [0.15, 0.2) is 34.8 Å². The van der Waals surface area contributed by atoms with Gasteiger partial charge in [0, 0.05) is 28.2 Å². The van der Waals surface area contributed by atoms with Crippen molar-refractivity contribution in [2.75, 3.05) is 11.9 Å². The van der Waals surface area contributed by atoms with Crippen molar-refractivity contribution < 1.29 is 5.11 Å². The van der Waals surface area contributed by atoms with E-state index in [0.29, 0.717) is 6.42 Å². The summed E-state index contributed by atoms with van der Waals surface area (Å²) in [5.74, 6) is 0. The number of aliphatic hydroxyl groups is 1. The summed E-state index contributed by atoms with van der Waals surface area (Å²) in [4.78, 5) is 1.19. The quantitative estimate of drug-likeness (QED) is 0.845. The molecule has 0 saturated carbocycles. The number of hydrogen-bond acceptors (Lipinski definition) is 3. The molecule has 0 spiro atoms. The van der Waals surface area contributed by atoms with Crippen molar-refractivity contribution in [2.24, 2.45) is 0 Å². The minimum Gasteiger partial charge on any atom is -0.396 e. The van der Waals surface area contributed by atoms with Crippen LogP contribution in [0.5, 0.6) is 0 Å². The number of aliphatic hydroxyl groups excluding tert-OH is 1. The topological polar surface area (TPSA) is 32.3 Å². The average Bonchev–Trinajstić information content (AvgIpc) is 2.68. The minimum absolute atomic E-state index is 0.189. The Hall–Kier alpha value is -0.550. The highest BCUT2D eigenvalue weighted by Crippen LogP contribution is 2.32. The van der Waals surface area contributed by atoms with Crippen LogP contribution in [0.3, 0.4) is 0 Å². The fourth-order valence-electron chi connectivity index (χ4n) is 1.59. The summed E-state index contributed by atoms with van der Waals surface area (Å²) in [6.07, 6.45) is 0.702. The van der Waals surface area contributed by atoms with E-state index < -0.39 is 0 Å². The van der Waals surface area contributed by atoms with E-state index in [1.54, 1.807) is 11.3 Å². The maximum atomic E-state index is 8.84. The molecule has 0 amide bonds. The molecule has 0 bridgehead atoms. The van der Waals surface area contributed by atoms with Gasteiger partial charge in [0.1, 0.15) is 4.34 Å². The van der Waals surface area contributed by atoms with Gasteiger partial charge in [-0.25, -0.2) is 0 Å². The summed E-state index contributed by atoms with van der Waals surface area (Å²) in [5, 5.41) is 12.2. The van der Waals surface area contributed by atoms with Gasteiger partial charge >= 0.3 is 0 Å². The molecule has 18 heavy (non-hydrogen) atoms. The first-order valence-electron chi connectivity index (χ1n) is 5.56. The molecule has 0 fully saturated rings. The molecule has 1 aromatic carbocycles. The van der Waals surface area contributed by atoms with Crippen molar-refractivity contribution >= 4 is 44.6 Å². The molecular weight excluding hydrogens is 334 g/mol. The van der Waals surface area contributed by atoms with Gasteiger partial charge in [0.05, 0.1) is 0 Å². The number of benzene rings is 1. The summed E-state index contributed by atoms with van der Waals surface area (Å²) in [6, 6.07) is 10.1. The van der Waals surface area contributed by atoms with E-state index in [2.05, 4.69) is 21.2 Å². The van der Waals surface area contributed by atoms with Crippen molar-refractivity contribution in [3.63, 3.8) is 0 Å². The van der Waals surface area contributed by atoms with Crippen LogP contribution in [0.2, 0.25) is 4.34 Å². The monoisotopic (exact) mass is 345 g/mol. The molecule has 0 aliphatic rings. The third-order valence-corrected chi connectivity index (χ3v) is 4.99. The third kappa shape index (κ3) is 3.72. The lowest BCUT2D eigenvalue weighted by atomic mass is 10.1. The molecule has 2 aromatic rings. The van der Waals surface area contributed by atoms with E-state index in [-0.39, 0.29) is 6.61 Å². The van der Waals surface area contributed by atoms with Crippen LogP contribution < -0.4 is 5.32 Å². The molecule has 5 heteroatoms. The van der Waals surface area contributed by atoms with Crippen molar-refractivity contribution in [1.82, 2.24) is 0 Å². The van der Waals surface area contributed by atoms with Crippen molar-refractivity contribution in [3.05, 3.63) is 49.6 Å². The Morgan fingerprint density at radius 3 is 2.56 bits per heavy atom. The number of thiophene rings is 1. The number of hydrogen-bond donors (Lipinski definition) is 2. The number of anilines is 1. The van der Waals surface area contributed by atoms with E-state index in [4.69, 9.17) is 16.7 Å². The van der Waals surface area contributed by atoms with Gasteiger partial charge in [0.15, 0.2) is 0 Å². The Kier molecular flexibility index (Phi) is 5.06. The van der Waals surface area contributed by atoms with Gasteiger partial charge in [0.2, 0.25) is 0 Å². The first-order chi connectivity index (χ1) is 8.69. The van der Waals surface area contributed by atoms with Gasteiger partial charge in [-0.1, -0.05) is 23.7 Å². The summed E-state index contributed by atoms with van der Waals surface area (Å²) in [5.41, 5.74) is 2.21. The Morgan fingerprint density at radius 2 is 2.00 bits per heavy atom. The molecule has 2 rings (SSSR count).